The Morgan fingerprint density at radius 3 is 1.00 bits per heavy atom. The topological polar surface area (TPSA) is 0 Å². The van der Waals surface area contributed by atoms with Crippen LogP contribution in [0.25, 0.3) is 0 Å². The lowest BCUT2D eigenvalue weighted by molar-refractivity contribution is 1.96. The van der Waals surface area contributed by atoms with Crippen molar-refractivity contribution in [2.24, 2.45) is 0 Å². The van der Waals surface area contributed by atoms with Crippen molar-refractivity contribution in [1.82, 2.24) is 0 Å². The van der Waals surface area contributed by atoms with Crippen LogP contribution in [-0.2, 0) is 0 Å². The highest BCUT2D eigenvalue weighted by Crippen LogP contribution is 2.03. The van der Waals surface area contributed by atoms with Crippen molar-refractivity contribution in [2.75, 3.05) is 0 Å². The Morgan fingerprint density at radius 2 is 1.00 bits per heavy atom. The van der Waals surface area contributed by atoms with Crippen LogP contribution in [0.1, 0.15) is 0 Å². The average Bonchev–Trinajstić information content (AvgIpc) is 0.811. The quantitative estimate of drug-likeness (QED) is 0.527. The summed E-state index contributed by atoms with van der Waals surface area (Å²) in [6.07, 6.45) is 0. The van der Waals surface area contributed by atoms with Crippen LogP contribution in [0.2, 0.25) is 0 Å². The van der Waals surface area contributed by atoms with Crippen molar-refractivity contribution in [2.45, 2.75) is 4.30 Å². The van der Waals surface area contributed by atoms with Crippen molar-refractivity contribution < 1.29 is 0 Å². The molecule has 0 saturated heterocycles. The molecule has 34 valence electrons. The van der Waals surface area contributed by atoms with Crippen LogP contribution in [0, 0.1) is 0 Å². The molecule has 0 radical (unpaired) electrons. The third-order valence-electron chi connectivity index (χ3n) is 0. The molecule has 0 amide bonds. The number of alkyl halides is 3. The van der Waals surface area contributed by atoms with Crippen LogP contribution in [0.3, 0.4) is 0 Å². The predicted octanol–water partition coefficient (Wildman–Crippen LogP) is 2.56. The molecule has 0 atom stereocenters. The van der Waals surface area contributed by atoms with Crippen LogP contribution in [0.4, 0.5) is 0 Å². The van der Waals surface area contributed by atoms with Gasteiger partial charge in [0.2, 0.25) is 0 Å². The molecule has 0 aromatic carbocycles. The van der Waals surface area contributed by atoms with E-state index in [1.165, 1.54) is 0 Å². The molecule has 0 spiro atoms. The predicted molar refractivity (Wildman–Crippen MR) is 31.7 cm³/mol. The van der Waals surface area contributed by atoms with Crippen LogP contribution >= 0.6 is 51.8 Å². The van der Waals surface area contributed by atoms with E-state index in [0.29, 0.717) is 0 Å². The first kappa shape index (κ1) is 9.61. The van der Waals surface area contributed by atoms with Gasteiger partial charge in [-0.3, -0.25) is 0 Å². The van der Waals surface area contributed by atoms with Gasteiger partial charge in [0, 0.05) is 0 Å². The minimum Gasteiger partial charge on any atom is -0.114 e. The lowest BCUT2D eigenvalue weighted by Gasteiger charge is -1.69. The lowest BCUT2D eigenvalue weighted by atomic mass is 11.9. The fraction of sp³-hybridized carbons (Fsp3) is 1.00. The van der Waals surface area contributed by atoms with Crippen LogP contribution in [0.5, 0.6) is 0 Å². The monoisotopic (exact) mass is 198 g/mol. The van der Waals surface area contributed by atoms with Crippen LogP contribution < -0.4 is 0 Å². The molecule has 0 bridgehead atoms. The summed E-state index contributed by atoms with van der Waals surface area (Å²) < 4.78 is -0.750. The molecule has 4 heteroatoms. The highest BCUT2D eigenvalue weighted by Gasteiger charge is 1.78. The molecule has 0 aliphatic carbocycles. The summed E-state index contributed by atoms with van der Waals surface area (Å²) in [5, 5.41) is 0. The first-order valence-electron chi connectivity index (χ1n) is 0.655. The molecule has 0 rings (SSSR count). The highest BCUT2D eigenvalue weighted by atomic mass is 79.9. The third kappa shape index (κ3) is 32.9. The maximum Gasteiger partial charge on any atom is 0.180 e. The molecule has 0 aromatic rings. The Bertz CT molecular complexity index is 11.6. The van der Waals surface area contributed by atoms with Gasteiger partial charge in [0.25, 0.3) is 0 Å². The van der Waals surface area contributed by atoms with Gasteiger partial charge in [-0.05, 0) is 0 Å². The summed E-state index contributed by atoms with van der Waals surface area (Å²) in [6, 6.07) is 0. The molecule has 0 unspecified atom stereocenters. The normalized spacial score (nSPS) is 7.20. The van der Waals surface area contributed by atoms with Gasteiger partial charge in [-0.15, -0.1) is 17.0 Å². The van der Waals surface area contributed by atoms with Crippen molar-refractivity contribution in [1.29, 1.82) is 0 Å². The van der Waals surface area contributed by atoms with Crippen molar-refractivity contribution in [3.8, 4) is 0 Å². The number of rotatable bonds is 0. The van der Waals surface area contributed by atoms with E-state index in [4.69, 9.17) is 34.8 Å². The number of hydrogen-bond acceptors (Lipinski definition) is 0. The first-order chi connectivity index (χ1) is 1.73. The molecular formula is CH2BrCl3. The number of halogens is 4. The van der Waals surface area contributed by atoms with Gasteiger partial charge in [0.1, 0.15) is 0 Å². The SMILES string of the molecule is Br.ClC(Cl)Cl. The summed E-state index contributed by atoms with van der Waals surface area (Å²) in [6.45, 7) is 0. The van der Waals surface area contributed by atoms with Gasteiger partial charge in [0.15, 0.2) is 4.30 Å². The highest BCUT2D eigenvalue weighted by molar-refractivity contribution is 8.93. The molecule has 0 aliphatic heterocycles. The molecule has 0 N–H and O–H groups in total. The van der Waals surface area contributed by atoms with Gasteiger partial charge >= 0.3 is 0 Å². The second-order valence-electron chi connectivity index (χ2n) is 0.247. The molecule has 0 aliphatic rings. The minimum absolute atomic E-state index is 0. The van der Waals surface area contributed by atoms with E-state index in [-0.39, 0.29) is 17.0 Å². The third-order valence-corrected chi connectivity index (χ3v) is 0. The molecular weight excluding hydrogens is 198 g/mol. The summed E-state index contributed by atoms with van der Waals surface area (Å²) in [5.74, 6) is 0. The summed E-state index contributed by atoms with van der Waals surface area (Å²) in [4.78, 5) is 0. The van der Waals surface area contributed by atoms with Crippen LogP contribution in [0.15, 0.2) is 0 Å². The Hall–Kier alpha value is 1.35. The van der Waals surface area contributed by atoms with E-state index >= 15 is 0 Å². The molecule has 5 heavy (non-hydrogen) atoms. The van der Waals surface area contributed by atoms with Gasteiger partial charge in [0.05, 0.1) is 0 Å². The first-order valence-corrected chi connectivity index (χ1v) is 1.96. The van der Waals surface area contributed by atoms with E-state index in [9.17, 15) is 0 Å². The maximum absolute atomic E-state index is 4.81. The average molecular weight is 200 g/mol. The van der Waals surface area contributed by atoms with Crippen molar-refractivity contribution in [3.63, 3.8) is 0 Å². The Kier molecular flexibility index (Phi) is 10.3. The smallest absolute Gasteiger partial charge is 0.114 e. The van der Waals surface area contributed by atoms with E-state index in [0.717, 1.165) is 0 Å². The lowest BCUT2D eigenvalue weighted by Crippen LogP contribution is -1.55. The second-order valence-corrected chi connectivity index (χ2v) is 2.23. The second kappa shape index (κ2) is 5.35. The Balaban J connectivity index is 0. The zero-order valence-corrected chi connectivity index (χ0v) is 6.10. The van der Waals surface area contributed by atoms with E-state index in [1.807, 2.05) is 0 Å². The Morgan fingerprint density at radius 1 is 1.00 bits per heavy atom. The van der Waals surface area contributed by atoms with Crippen molar-refractivity contribution in [3.05, 3.63) is 0 Å². The summed E-state index contributed by atoms with van der Waals surface area (Å²) in [7, 11) is 0. The maximum atomic E-state index is 4.81. The van der Waals surface area contributed by atoms with Crippen LogP contribution in [-0.4, -0.2) is 4.30 Å². The standard InChI is InChI=1S/CHCl3.BrH/c2-1(3)4;/h1H;1H. The number of hydrogen-bond donors (Lipinski definition) is 0. The summed E-state index contributed by atoms with van der Waals surface area (Å²) in [5.41, 5.74) is 0. The van der Waals surface area contributed by atoms with Gasteiger partial charge in [-0.1, -0.05) is 34.8 Å². The Labute approximate surface area is 56.2 Å². The van der Waals surface area contributed by atoms with Gasteiger partial charge in [-0.25, -0.2) is 0 Å². The zero-order chi connectivity index (χ0) is 3.58. The fourth-order valence-corrected chi connectivity index (χ4v) is 0. The largest absolute Gasteiger partial charge is 0.180 e. The summed E-state index contributed by atoms with van der Waals surface area (Å²) >= 11 is 14.4. The van der Waals surface area contributed by atoms with Gasteiger partial charge in [-0.2, -0.15) is 0 Å². The zero-order valence-electron chi connectivity index (χ0n) is 2.12. The molecule has 0 nitrogen and oxygen atoms in total. The fourth-order valence-electron chi connectivity index (χ4n) is 0. The molecule has 0 saturated carbocycles. The van der Waals surface area contributed by atoms with E-state index in [1.54, 1.807) is 0 Å². The molecule has 0 heterocycles. The molecule has 0 fully saturated rings. The van der Waals surface area contributed by atoms with Gasteiger partial charge < -0.3 is 0 Å². The van der Waals surface area contributed by atoms with Crippen molar-refractivity contribution >= 4 is 51.8 Å². The molecule has 0 aromatic heterocycles. The van der Waals surface area contributed by atoms with E-state index < -0.39 is 4.30 Å². The van der Waals surface area contributed by atoms with E-state index in [2.05, 4.69) is 0 Å². The minimum atomic E-state index is -0.750.